The van der Waals surface area contributed by atoms with Crippen molar-refractivity contribution in [3.05, 3.63) is 41.1 Å². The van der Waals surface area contributed by atoms with E-state index in [-0.39, 0.29) is 6.61 Å². The Morgan fingerprint density at radius 1 is 1.25 bits per heavy atom. The first-order chi connectivity index (χ1) is 9.55. The Labute approximate surface area is 128 Å². The Balaban J connectivity index is 2.53. The third-order valence-electron chi connectivity index (χ3n) is 4.00. The summed E-state index contributed by atoms with van der Waals surface area (Å²) in [5, 5.41) is 10.6. The molecule has 0 aliphatic carbocycles. The summed E-state index contributed by atoms with van der Waals surface area (Å²) in [7, 11) is -1.31. The summed E-state index contributed by atoms with van der Waals surface area (Å²) in [4.78, 5) is 0. The lowest BCUT2D eigenvalue weighted by molar-refractivity contribution is 0.144. The van der Waals surface area contributed by atoms with Gasteiger partial charge in [-0.3, -0.25) is 0 Å². The summed E-state index contributed by atoms with van der Waals surface area (Å²) < 4.78 is 5.54. The molecule has 0 aliphatic heterocycles. The van der Waals surface area contributed by atoms with E-state index in [0.717, 1.165) is 0 Å². The van der Waals surface area contributed by atoms with Crippen LogP contribution in [0.25, 0.3) is 0 Å². The molecule has 1 atom stereocenters. The van der Waals surface area contributed by atoms with E-state index in [1.165, 1.54) is 18.1 Å². The smallest absolute Gasteiger partial charge is 0.120 e. The molecule has 0 heterocycles. The molecule has 0 radical (unpaired) electrons. The average Bonchev–Trinajstić information content (AvgIpc) is 2.47. The Morgan fingerprint density at radius 2 is 1.90 bits per heavy atom. The monoisotopic (exact) mass is 312 g/mol. The molecule has 1 rings (SSSR count). The summed E-state index contributed by atoms with van der Waals surface area (Å²) >= 11 is 5.89. The van der Waals surface area contributed by atoms with Crippen molar-refractivity contribution in [1.29, 1.82) is 0 Å². The molecule has 0 saturated heterocycles. The Morgan fingerprint density at radius 3 is 2.45 bits per heavy atom. The topological polar surface area (TPSA) is 29.5 Å². The van der Waals surface area contributed by atoms with Gasteiger partial charge in [0.05, 0.1) is 8.07 Å². The average molecular weight is 313 g/mol. The van der Waals surface area contributed by atoms with Crippen LogP contribution in [0.3, 0.4) is 0 Å². The first-order valence-corrected chi connectivity index (χ1v) is 10.4. The summed E-state index contributed by atoms with van der Waals surface area (Å²) in [5.41, 5.74) is 2.28. The normalized spacial score (nSPS) is 13.7. The SMILES string of the molecule is CC[Si](/C=C/C(O)COc1cccc(Cl)c1)(CC)CC. The molecule has 0 fully saturated rings. The molecule has 0 spiro atoms. The third-order valence-corrected chi connectivity index (χ3v) is 9.36. The van der Waals surface area contributed by atoms with E-state index in [9.17, 15) is 5.11 Å². The molecule has 0 bridgehead atoms. The van der Waals surface area contributed by atoms with Crippen molar-refractivity contribution in [1.82, 2.24) is 0 Å². The van der Waals surface area contributed by atoms with Crippen LogP contribution in [0.15, 0.2) is 36.0 Å². The summed E-state index contributed by atoms with van der Waals surface area (Å²) in [5.74, 6) is 0.690. The maximum absolute atomic E-state index is 10.0. The van der Waals surface area contributed by atoms with Gasteiger partial charge in [0.2, 0.25) is 0 Å². The highest BCUT2D eigenvalue weighted by Crippen LogP contribution is 2.22. The van der Waals surface area contributed by atoms with Gasteiger partial charge >= 0.3 is 0 Å². The molecule has 1 aromatic rings. The molecule has 1 N–H and O–H groups in total. The second-order valence-electron chi connectivity index (χ2n) is 5.12. The fourth-order valence-corrected chi connectivity index (χ4v) is 5.23. The van der Waals surface area contributed by atoms with E-state index in [1.807, 2.05) is 18.2 Å². The van der Waals surface area contributed by atoms with Crippen molar-refractivity contribution >= 4 is 19.7 Å². The molecule has 0 saturated carbocycles. The number of hydrogen-bond donors (Lipinski definition) is 1. The number of halogens is 1. The van der Waals surface area contributed by atoms with Crippen LogP contribution in [-0.2, 0) is 0 Å². The van der Waals surface area contributed by atoms with Crippen molar-refractivity contribution in [3.63, 3.8) is 0 Å². The predicted octanol–water partition coefficient (Wildman–Crippen LogP) is 4.68. The quantitative estimate of drug-likeness (QED) is 0.706. The maximum atomic E-state index is 10.0. The van der Waals surface area contributed by atoms with E-state index >= 15 is 0 Å². The first-order valence-electron chi connectivity index (χ1n) is 7.31. The number of benzene rings is 1. The molecule has 1 unspecified atom stereocenters. The third kappa shape index (κ3) is 5.31. The predicted molar refractivity (Wildman–Crippen MR) is 89.3 cm³/mol. The highest BCUT2D eigenvalue weighted by molar-refractivity contribution is 6.84. The van der Waals surface area contributed by atoms with Crippen LogP contribution in [0.1, 0.15) is 20.8 Å². The molecule has 112 valence electrons. The molecule has 1 aromatic carbocycles. The lowest BCUT2D eigenvalue weighted by atomic mass is 10.3. The van der Waals surface area contributed by atoms with Gasteiger partial charge in [-0.2, -0.15) is 0 Å². The minimum Gasteiger partial charge on any atom is -0.491 e. The highest BCUT2D eigenvalue weighted by atomic mass is 35.5. The standard InChI is InChI=1S/C16H25ClO2Si/c1-4-20(5-2,6-3)11-10-15(18)13-19-16-9-7-8-14(17)12-16/h7-12,15,18H,4-6,13H2,1-3H3/b11-10+. The van der Waals surface area contributed by atoms with Gasteiger partial charge in [-0.25, -0.2) is 0 Å². The fourth-order valence-electron chi connectivity index (χ4n) is 2.21. The van der Waals surface area contributed by atoms with E-state index in [1.54, 1.807) is 12.1 Å². The van der Waals surface area contributed by atoms with Crippen LogP contribution in [-0.4, -0.2) is 25.9 Å². The van der Waals surface area contributed by atoms with Crippen LogP contribution in [0.2, 0.25) is 23.2 Å². The first kappa shape index (κ1) is 17.3. The molecular weight excluding hydrogens is 288 g/mol. The van der Waals surface area contributed by atoms with Gasteiger partial charge in [-0.15, -0.1) is 0 Å². The summed E-state index contributed by atoms with van der Waals surface area (Å²) in [6.45, 7) is 7.01. The van der Waals surface area contributed by atoms with Crippen molar-refractivity contribution in [2.75, 3.05) is 6.61 Å². The summed E-state index contributed by atoms with van der Waals surface area (Å²) in [6, 6.07) is 10.9. The maximum Gasteiger partial charge on any atom is 0.120 e. The van der Waals surface area contributed by atoms with Crippen LogP contribution < -0.4 is 4.74 Å². The zero-order chi connectivity index (χ0) is 15.0. The van der Waals surface area contributed by atoms with Crippen LogP contribution in [0.4, 0.5) is 0 Å². The van der Waals surface area contributed by atoms with Gasteiger partial charge in [0.1, 0.15) is 18.5 Å². The van der Waals surface area contributed by atoms with Gasteiger partial charge in [0.25, 0.3) is 0 Å². The number of hydrogen-bond acceptors (Lipinski definition) is 2. The second-order valence-corrected chi connectivity index (χ2v) is 10.7. The molecule has 4 heteroatoms. The minimum absolute atomic E-state index is 0.262. The molecule has 0 amide bonds. The van der Waals surface area contributed by atoms with E-state index in [0.29, 0.717) is 10.8 Å². The second kappa shape index (κ2) is 8.50. The number of ether oxygens (including phenoxy) is 1. The van der Waals surface area contributed by atoms with Gasteiger partial charge in [0.15, 0.2) is 0 Å². The van der Waals surface area contributed by atoms with Gasteiger partial charge in [-0.1, -0.05) is 68.3 Å². The Kier molecular flexibility index (Phi) is 7.34. The van der Waals surface area contributed by atoms with E-state index < -0.39 is 14.2 Å². The molecule has 2 nitrogen and oxygen atoms in total. The number of rotatable bonds is 8. The lowest BCUT2D eigenvalue weighted by Crippen LogP contribution is -2.29. The largest absolute Gasteiger partial charge is 0.491 e. The Bertz CT molecular complexity index is 422. The molecule has 0 aromatic heterocycles. The Hall–Kier alpha value is -0.773. The van der Waals surface area contributed by atoms with Crippen molar-refractivity contribution < 1.29 is 9.84 Å². The summed E-state index contributed by atoms with van der Waals surface area (Å²) in [6.07, 6.45) is 1.35. The minimum atomic E-state index is -1.31. The lowest BCUT2D eigenvalue weighted by Gasteiger charge is -2.24. The highest BCUT2D eigenvalue weighted by Gasteiger charge is 2.23. The van der Waals surface area contributed by atoms with Crippen molar-refractivity contribution in [2.45, 2.75) is 45.0 Å². The van der Waals surface area contributed by atoms with Crippen molar-refractivity contribution in [3.8, 4) is 5.75 Å². The molecule has 20 heavy (non-hydrogen) atoms. The van der Waals surface area contributed by atoms with E-state index in [2.05, 4.69) is 26.5 Å². The van der Waals surface area contributed by atoms with Crippen LogP contribution in [0, 0.1) is 0 Å². The zero-order valence-electron chi connectivity index (χ0n) is 12.6. The van der Waals surface area contributed by atoms with Crippen LogP contribution >= 0.6 is 11.6 Å². The van der Waals surface area contributed by atoms with Crippen LogP contribution in [0.5, 0.6) is 5.75 Å². The van der Waals surface area contributed by atoms with Gasteiger partial charge < -0.3 is 9.84 Å². The zero-order valence-corrected chi connectivity index (χ0v) is 14.4. The molecular formula is C16H25ClO2Si. The van der Waals surface area contributed by atoms with Gasteiger partial charge in [0, 0.05) is 5.02 Å². The van der Waals surface area contributed by atoms with E-state index in [4.69, 9.17) is 16.3 Å². The number of aliphatic hydroxyl groups excluding tert-OH is 1. The molecule has 0 aliphatic rings. The fraction of sp³-hybridized carbons (Fsp3) is 0.500. The van der Waals surface area contributed by atoms with Crippen molar-refractivity contribution in [2.24, 2.45) is 0 Å². The van der Waals surface area contributed by atoms with Gasteiger partial charge in [-0.05, 0) is 18.2 Å². The number of aliphatic hydroxyl groups is 1.